The monoisotopic (exact) mass is 216 g/mol. The fourth-order valence-corrected chi connectivity index (χ4v) is 1.41. The lowest BCUT2D eigenvalue weighted by Crippen LogP contribution is -2.34. The average molecular weight is 216 g/mol. The minimum Gasteiger partial charge on any atom is -0.393 e. The average Bonchev–Trinajstić information content (AvgIpc) is 2.12. The molecule has 0 aliphatic carbocycles. The van der Waals surface area contributed by atoms with Crippen molar-refractivity contribution < 1.29 is 9.90 Å². The van der Waals surface area contributed by atoms with Crippen LogP contribution in [-0.2, 0) is 4.79 Å². The van der Waals surface area contributed by atoms with Crippen LogP contribution in [0, 0.1) is 5.92 Å². The van der Waals surface area contributed by atoms with Gasteiger partial charge in [0.1, 0.15) is 0 Å². The van der Waals surface area contributed by atoms with Gasteiger partial charge in [0.2, 0.25) is 5.91 Å². The molecule has 0 spiro atoms. The van der Waals surface area contributed by atoms with Crippen LogP contribution in [0.4, 0.5) is 0 Å². The molecule has 0 aliphatic rings. The van der Waals surface area contributed by atoms with Crippen LogP contribution in [0.15, 0.2) is 0 Å². The van der Waals surface area contributed by atoms with Crippen LogP contribution in [0.2, 0.25) is 0 Å². The van der Waals surface area contributed by atoms with Gasteiger partial charge in [-0.1, -0.05) is 6.92 Å². The van der Waals surface area contributed by atoms with Crippen molar-refractivity contribution in [3.05, 3.63) is 0 Å². The van der Waals surface area contributed by atoms with Crippen molar-refractivity contribution >= 4 is 5.91 Å². The highest BCUT2D eigenvalue weighted by Gasteiger charge is 2.10. The molecule has 0 rings (SSSR count). The summed E-state index contributed by atoms with van der Waals surface area (Å²) in [5, 5.41) is 12.0. The van der Waals surface area contributed by atoms with E-state index in [1.54, 1.807) is 6.92 Å². The number of carbonyl (C=O) groups excluding carboxylic acids is 1. The fraction of sp³-hybridized carbons (Fsp3) is 0.909. The number of carbonyl (C=O) groups is 1. The van der Waals surface area contributed by atoms with Crippen LogP contribution in [-0.4, -0.2) is 29.7 Å². The Morgan fingerprint density at radius 2 is 2.00 bits per heavy atom. The van der Waals surface area contributed by atoms with Crippen molar-refractivity contribution in [1.29, 1.82) is 0 Å². The molecule has 0 saturated carbocycles. The van der Waals surface area contributed by atoms with E-state index in [1.165, 1.54) is 0 Å². The molecule has 1 amide bonds. The van der Waals surface area contributed by atoms with Crippen LogP contribution in [0.1, 0.15) is 40.0 Å². The van der Waals surface area contributed by atoms with Gasteiger partial charge in [0, 0.05) is 12.5 Å². The van der Waals surface area contributed by atoms with Crippen molar-refractivity contribution in [1.82, 2.24) is 5.32 Å². The third-order valence-corrected chi connectivity index (χ3v) is 2.37. The molecule has 0 aromatic heterocycles. The van der Waals surface area contributed by atoms with Gasteiger partial charge in [-0.2, -0.15) is 0 Å². The Kier molecular flexibility index (Phi) is 7.34. The van der Waals surface area contributed by atoms with Gasteiger partial charge in [-0.3, -0.25) is 4.79 Å². The van der Waals surface area contributed by atoms with Crippen molar-refractivity contribution in [3.63, 3.8) is 0 Å². The SMILES string of the molecule is CC(O)CC(C)NC(=O)CCC(C)CN. The van der Waals surface area contributed by atoms with Crippen molar-refractivity contribution in [2.75, 3.05) is 6.54 Å². The van der Waals surface area contributed by atoms with E-state index in [4.69, 9.17) is 10.8 Å². The quantitative estimate of drug-likeness (QED) is 0.584. The molecule has 0 aromatic carbocycles. The zero-order valence-electron chi connectivity index (χ0n) is 9.99. The number of nitrogens with two attached hydrogens (primary N) is 1. The van der Waals surface area contributed by atoms with Gasteiger partial charge >= 0.3 is 0 Å². The molecule has 3 unspecified atom stereocenters. The second-order valence-corrected chi connectivity index (χ2v) is 4.43. The molecule has 0 aromatic rings. The summed E-state index contributed by atoms with van der Waals surface area (Å²) in [5.74, 6) is 0.436. The lowest BCUT2D eigenvalue weighted by Gasteiger charge is -2.16. The molecule has 90 valence electrons. The summed E-state index contributed by atoms with van der Waals surface area (Å²) in [7, 11) is 0. The Balaban J connectivity index is 3.64. The first-order valence-corrected chi connectivity index (χ1v) is 5.63. The number of amides is 1. The smallest absolute Gasteiger partial charge is 0.220 e. The molecule has 0 bridgehead atoms. The number of aliphatic hydroxyl groups is 1. The second-order valence-electron chi connectivity index (χ2n) is 4.43. The van der Waals surface area contributed by atoms with Gasteiger partial charge in [-0.05, 0) is 39.2 Å². The lowest BCUT2D eigenvalue weighted by molar-refractivity contribution is -0.122. The van der Waals surface area contributed by atoms with Crippen molar-refractivity contribution in [3.8, 4) is 0 Å². The second kappa shape index (κ2) is 7.65. The minimum atomic E-state index is -0.372. The maximum Gasteiger partial charge on any atom is 0.220 e. The number of hydrogen-bond acceptors (Lipinski definition) is 3. The van der Waals surface area contributed by atoms with E-state index in [2.05, 4.69) is 5.32 Å². The van der Waals surface area contributed by atoms with Crippen LogP contribution in [0.5, 0.6) is 0 Å². The lowest BCUT2D eigenvalue weighted by atomic mass is 10.1. The van der Waals surface area contributed by atoms with E-state index in [0.29, 0.717) is 25.3 Å². The summed E-state index contributed by atoms with van der Waals surface area (Å²) >= 11 is 0. The highest BCUT2D eigenvalue weighted by molar-refractivity contribution is 5.76. The van der Waals surface area contributed by atoms with E-state index in [-0.39, 0.29) is 18.1 Å². The highest BCUT2D eigenvalue weighted by atomic mass is 16.3. The van der Waals surface area contributed by atoms with Gasteiger partial charge in [-0.25, -0.2) is 0 Å². The Hall–Kier alpha value is -0.610. The Morgan fingerprint density at radius 3 is 2.47 bits per heavy atom. The summed E-state index contributed by atoms with van der Waals surface area (Å²) in [4.78, 5) is 11.4. The van der Waals surface area contributed by atoms with E-state index in [0.717, 1.165) is 6.42 Å². The standard InChI is InChI=1S/C11H24N2O2/c1-8(7-12)4-5-11(15)13-9(2)6-10(3)14/h8-10,14H,4-7,12H2,1-3H3,(H,13,15). The van der Waals surface area contributed by atoms with E-state index in [1.807, 2.05) is 13.8 Å². The summed E-state index contributed by atoms with van der Waals surface area (Å²) < 4.78 is 0. The fourth-order valence-electron chi connectivity index (χ4n) is 1.41. The normalized spacial score (nSPS) is 16.9. The summed E-state index contributed by atoms with van der Waals surface area (Å²) in [6, 6.07) is 0.0330. The first kappa shape index (κ1) is 14.4. The molecule has 0 heterocycles. The molecule has 4 nitrogen and oxygen atoms in total. The first-order chi connectivity index (χ1) is 6.95. The molecular formula is C11H24N2O2. The molecule has 0 aliphatic heterocycles. The van der Waals surface area contributed by atoms with Crippen LogP contribution in [0.3, 0.4) is 0 Å². The van der Waals surface area contributed by atoms with E-state index >= 15 is 0 Å². The first-order valence-electron chi connectivity index (χ1n) is 5.63. The predicted octanol–water partition coefficient (Wildman–Crippen LogP) is 0.637. The molecular weight excluding hydrogens is 192 g/mol. The molecule has 0 radical (unpaired) electrons. The van der Waals surface area contributed by atoms with Gasteiger partial charge < -0.3 is 16.2 Å². The molecule has 3 atom stereocenters. The Morgan fingerprint density at radius 1 is 1.40 bits per heavy atom. The van der Waals surface area contributed by atoms with Gasteiger partial charge in [-0.15, -0.1) is 0 Å². The topological polar surface area (TPSA) is 75.3 Å². The third-order valence-electron chi connectivity index (χ3n) is 2.37. The maximum absolute atomic E-state index is 11.4. The van der Waals surface area contributed by atoms with Crippen molar-refractivity contribution in [2.24, 2.45) is 11.7 Å². The van der Waals surface area contributed by atoms with E-state index < -0.39 is 0 Å². The van der Waals surface area contributed by atoms with Crippen LogP contribution in [0.25, 0.3) is 0 Å². The zero-order chi connectivity index (χ0) is 11.8. The summed E-state index contributed by atoms with van der Waals surface area (Å²) in [6.45, 7) is 6.28. The van der Waals surface area contributed by atoms with Crippen LogP contribution >= 0.6 is 0 Å². The number of rotatable bonds is 7. The molecule has 0 saturated heterocycles. The predicted molar refractivity (Wildman–Crippen MR) is 61.4 cm³/mol. The molecule has 4 heteroatoms. The Labute approximate surface area is 92.2 Å². The zero-order valence-corrected chi connectivity index (χ0v) is 9.99. The summed E-state index contributed by atoms with van der Waals surface area (Å²) in [6.07, 6.45) is 1.56. The van der Waals surface area contributed by atoms with E-state index in [9.17, 15) is 4.79 Å². The largest absolute Gasteiger partial charge is 0.393 e. The van der Waals surface area contributed by atoms with Gasteiger partial charge in [0.25, 0.3) is 0 Å². The number of hydrogen-bond donors (Lipinski definition) is 3. The maximum atomic E-state index is 11.4. The van der Waals surface area contributed by atoms with Gasteiger partial charge in [0.05, 0.1) is 6.10 Å². The van der Waals surface area contributed by atoms with Gasteiger partial charge in [0.15, 0.2) is 0 Å². The van der Waals surface area contributed by atoms with Crippen molar-refractivity contribution in [2.45, 2.75) is 52.2 Å². The van der Waals surface area contributed by atoms with Crippen LogP contribution < -0.4 is 11.1 Å². The molecule has 4 N–H and O–H groups in total. The number of aliphatic hydroxyl groups excluding tert-OH is 1. The molecule has 15 heavy (non-hydrogen) atoms. The highest BCUT2D eigenvalue weighted by Crippen LogP contribution is 2.04. The molecule has 0 fully saturated rings. The third kappa shape index (κ3) is 8.39. The Bertz CT molecular complexity index is 183. The minimum absolute atomic E-state index is 0.0330. The number of nitrogens with one attached hydrogen (secondary N) is 1. The summed E-state index contributed by atoms with van der Waals surface area (Å²) in [5.41, 5.74) is 5.46.